The average Bonchev–Trinajstić information content (AvgIpc) is 3.04. The highest BCUT2D eigenvalue weighted by atomic mass is 35.5. The molecule has 1 aliphatic rings. The van der Waals surface area contributed by atoms with Crippen LogP contribution in [0.5, 0.6) is 0 Å². The number of anilines is 5. The summed E-state index contributed by atoms with van der Waals surface area (Å²) in [6.45, 7) is 5.47. The second kappa shape index (κ2) is 15.9. The van der Waals surface area contributed by atoms with Gasteiger partial charge in [0.1, 0.15) is 5.02 Å². The third-order valence-electron chi connectivity index (χ3n) is 7.75. The Hall–Kier alpha value is -3.90. The molecule has 0 radical (unpaired) electrons. The third-order valence-corrected chi connectivity index (χ3v) is 10.2. The number of methoxy groups -OCH3 is 1. The van der Waals surface area contributed by atoms with E-state index in [-0.39, 0.29) is 33.5 Å². The van der Waals surface area contributed by atoms with Crippen LogP contribution in [0.4, 0.5) is 28.8 Å². The van der Waals surface area contributed by atoms with Gasteiger partial charge in [-0.2, -0.15) is 4.98 Å². The molecule has 2 heterocycles. The molecule has 3 aromatic rings. The van der Waals surface area contributed by atoms with E-state index in [2.05, 4.69) is 35.6 Å². The summed E-state index contributed by atoms with van der Waals surface area (Å²) in [7, 11) is -2.14. The van der Waals surface area contributed by atoms with E-state index in [4.69, 9.17) is 11.6 Å². The quantitative estimate of drug-likeness (QED) is 0.142. The lowest BCUT2D eigenvalue weighted by molar-refractivity contribution is -0.140. The molecule has 3 N–H and O–H groups in total. The van der Waals surface area contributed by atoms with Crippen molar-refractivity contribution in [3.05, 3.63) is 59.8 Å². The molecule has 0 saturated carbocycles. The van der Waals surface area contributed by atoms with Crippen LogP contribution in [0.3, 0.4) is 0 Å². The van der Waals surface area contributed by atoms with Crippen LogP contribution in [0.15, 0.2) is 59.6 Å². The Balaban J connectivity index is 1.29. The van der Waals surface area contributed by atoms with Crippen LogP contribution in [-0.4, -0.2) is 62.3 Å². The first-order chi connectivity index (χ1) is 21.6. The predicted octanol–water partition coefficient (Wildman–Crippen LogP) is 5.87. The van der Waals surface area contributed by atoms with Gasteiger partial charge in [-0.1, -0.05) is 30.2 Å². The number of rotatable bonds is 14. The summed E-state index contributed by atoms with van der Waals surface area (Å²) in [5.41, 5.74) is 2.22. The fourth-order valence-corrected chi connectivity index (χ4v) is 6.37. The summed E-state index contributed by atoms with van der Waals surface area (Å²) in [5, 5.41) is 8.95. The van der Waals surface area contributed by atoms with E-state index in [1.807, 2.05) is 24.3 Å². The second-order valence-corrected chi connectivity index (χ2v) is 14.1. The lowest BCUT2D eigenvalue weighted by atomic mass is 9.95. The van der Waals surface area contributed by atoms with Crippen molar-refractivity contribution in [3.8, 4) is 0 Å². The van der Waals surface area contributed by atoms with Crippen LogP contribution in [-0.2, 0) is 24.2 Å². The zero-order chi connectivity index (χ0) is 32.4. The minimum Gasteiger partial charge on any atom is -0.469 e. The van der Waals surface area contributed by atoms with Gasteiger partial charge in [-0.15, -0.1) is 0 Å². The molecule has 1 aromatic heterocycles. The van der Waals surface area contributed by atoms with Gasteiger partial charge in [-0.05, 0) is 75.9 Å². The molecule has 242 valence electrons. The number of sulfone groups is 1. The number of carbonyl (C=O) groups excluding carboxylic acids is 2. The zero-order valence-electron chi connectivity index (χ0n) is 25.9. The minimum atomic E-state index is -3.53. The van der Waals surface area contributed by atoms with Crippen LogP contribution < -0.4 is 20.9 Å². The molecule has 1 aliphatic heterocycles. The molecule has 0 unspecified atom stereocenters. The molecule has 13 heteroatoms. The molecule has 0 bridgehead atoms. The van der Waals surface area contributed by atoms with Gasteiger partial charge in [0.05, 0.1) is 29.1 Å². The van der Waals surface area contributed by atoms with Crippen molar-refractivity contribution >= 4 is 62.1 Å². The Morgan fingerprint density at radius 3 is 2.42 bits per heavy atom. The number of unbranched alkanes of at least 4 members (excludes halogenated alkanes) is 2. The number of hydrogen-bond donors (Lipinski definition) is 3. The summed E-state index contributed by atoms with van der Waals surface area (Å²) < 4.78 is 30.4. The lowest BCUT2D eigenvalue weighted by Crippen LogP contribution is -2.40. The van der Waals surface area contributed by atoms with E-state index < -0.39 is 15.1 Å². The molecule has 4 rings (SSSR count). The van der Waals surface area contributed by atoms with E-state index >= 15 is 0 Å². The number of benzene rings is 2. The fourth-order valence-electron chi connectivity index (χ4n) is 5.03. The number of nitrogens with one attached hydrogen (secondary N) is 3. The number of aromatic nitrogens is 2. The second-order valence-electron chi connectivity index (χ2n) is 11.2. The third kappa shape index (κ3) is 9.30. The van der Waals surface area contributed by atoms with Gasteiger partial charge in [0.25, 0.3) is 0 Å². The van der Waals surface area contributed by atoms with Gasteiger partial charge in [0, 0.05) is 43.3 Å². The van der Waals surface area contributed by atoms with Crippen molar-refractivity contribution in [2.45, 2.75) is 62.5 Å². The summed E-state index contributed by atoms with van der Waals surface area (Å²) in [4.78, 5) is 35.0. The topological polar surface area (TPSA) is 143 Å². The molecule has 1 fully saturated rings. The number of carbonyl (C=O) groups is 2. The Morgan fingerprint density at radius 1 is 1.02 bits per heavy atom. The first-order valence-electron chi connectivity index (χ1n) is 15.2. The maximum atomic E-state index is 12.9. The molecule has 1 amide bonds. The smallest absolute Gasteiger partial charge is 0.305 e. The number of piperidine rings is 1. The molecule has 1 saturated heterocycles. The van der Waals surface area contributed by atoms with E-state index in [1.54, 1.807) is 38.1 Å². The Bertz CT molecular complexity index is 1560. The Labute approximate surface area is 270 Å². The van der Waals surface area contributed by atoms with Crippen LogP contribution >= 0.6 is 11.6 Å². The Kier molecular flexibility index (Phi) is 12.0. The summed E-state index contributed by atoms with van der Waals surface area (Å²) >= 11 is 6.36. The molecule has 0 aliphatic carbocycles. The fraction of sp³-hybridized carbons (Fsp3) is 0.438. The predicted molar refractivity (Wildman–Crippen MR) is 177 cm³/mol. The normalized spacial score (nSPS) is 13.8. The summed E-state index contributed by atoms with van der Waals surface area (Å²) in [6, 6.07) is 14.6. The molecule has 11 nitrogen and oxygen atoms in total. The first-order valence-corrected chi connectivity index (χ1v) is 17.1. The van der Waals surface area contributed by atoms with E-state index in [1.165, 1.54) is 13.3 Å². The maximum Gasteiger partial charge on any atom is 0.305 e. The van der Waals surface area contributed by atoms with Crippen LogP contribution in [0.25, 0.3) is 0 Å². The number of esters is 1. The lowest BCUT2D eigenvalue weighted by Gasteiger charge is -2.33. The molecular formula is C32H41ClN6O5S. The van der Waals surface area contributed by atoms with Crippen molar-refractivity contribution in [3.63, 3.8) is 0 Å². The largest absolute Gasteiger partial charge is 0.469 e. The van der Waals surface area contributed by atoms with Gasteiger partial charge >= 0.3 is 5.97 Å². The number of halogens is 1. The van der Waals surface area contributed by atoms with Crippen LogP contribution in [0.1, 0.15) is 52.4 Å². The van der Waals surface area contributed by atoms with Gasteiger partial charge in [-0.25, -0.2) is 13.4 Å². The van der Waals surface area contributed by atoms with E-state index in [0.29, 0.717) is 24.6 Å². The highest BCUT2D eigenvalue weighted by Gasteiger charge is 2.25. The average molecular weight is 657 g/mol. The number of nitrogens with zero attached hydrogens (tertiary/aromatic N) is 3. The van der Waals surface area contributed by atoms with Gasteiger partial charge < -0.3 is 25.6 Å². The van der Waals surface area contributed by atoms with Gasteiger partial charge in [-0.3, -0.25) is 9.59 Å². The minimum absolute atomic E-state index is 0.000404. The summed E-state index contributed by atoms with van der Waals surface area (Å²) in [6.07, 6.45) is 5.92. The van der Waals surface area contributed by atoms with Crippen molar-refractivity contribution in [1.82, 2.24) is 15.3 Å². The van der Waals surface area contributed by atoms with E-state index in [9.17, 15) is 18.0 Å². The molecule has 0 atom stereocenters. The van der Waals surface area contributed by atoms with Crippen LogP contribution in [0, 0.1) is 5.92 Å². The standard InChI is InChI=1S/C32H41ClN6O5S/c1-22(2)45(42,43)28-10-7-6-9-27(28)37-30-26(33)21-35-32(38-30)36-24-12-14-25(15-13-24)39-19-16-23(17-20-39)31(41)34-18-8-4-5-11-29(40)44-3/h6-7,9-10,12-15,21-23H,4-5,8,11,16-20H2,1-3H3,(H,34,41)(H2,35,36,37,38). The van der Waals surface area contributed by atoms with Gasteiger partial charge in [0.15, 0.2) is 15.7 Å². The highest BCUT2D eigenvalue weighted by molar-refractivity contribution is 7.92. The van der Waals surface area contributed by atoms with E-state index in [0.717, 1.165) is 56.6 Å². The number of amides is 1. The molecule has 45 heavy (non-hydrogen) atoms. The maximum absolute atomic E-state index is 12.9. The monoisotopic (exact) mass is 656 g/mol. The Morgan fingerprint density at radius 2 is 1.73 bits per heavy atom. The summed E-state index contributed by atoms with van der Waals surface area (Å²) in [5.74, 6) is 0.483. The molecule has 0 spiro atoms. The zero-order valence-corrected chi connectivity index (χ0v) is 27.5. The van der Waals surface area contributed by atoms with Gasteiger partial charge in [0.2, 0.25) is 11.9 Å². The van der Waals surface area contributed by atoms with Crippen LogP contribution in [0.2, 0.25) is 5.02 Å². The first kappa shape index (κ1) is 34.0. The van der Waals surface area contributed by atoms with Crippen molar-refractivity contribution in [1.29, 1.82) is 0 Å². The van der Waals surface area contributed by atoms with Crippen molar-refractivity contribution in [2.24, 2.45) is 5.92 Å². The SMILES string of the molecule is COC(=O)CCCCCNC(=O)C1CCN(c2ccc(Nc3ncc(Cl)c(Nc4ccccc4S(=O)(=O)C(C)C)n3)cc2)CC1. The number of para-hydroxylation sites is 1. The molecule has 2 aromatic carbocycles. The van der Waals surface area contributed by atoms with Crippen molar-refractivity contribution in [2.75, 3.05) is 42.3 Å². The number of ether oxygens (including phenoxy) is 1. The number of hydrogen-bond acceptors (Lipinski definition) is 10. The van der Waals surface area contributed by atoms with Crippen molar-refractivity contribution < 1.29 is 22.7 Å². The molecular weight excluding hydrogens is 616 g/mol. The highest BCUT2D eigenvalue weighted by Crippen LogP contribution is 2.31.